The van der Waals surface area contributed by atoms with Crippen molar-refractivity contribution in [3.63, 3.8) is 0 Å². The molecular formula is C16H22O11. The van der Waals surface area contributed by atoms with E-state index in [0.717, 1.165) is 34.6 Å². The van der Waals surface area contributed by atoms with Crippen LogP contribution < -0.4 is 0 Å². The van der Waals surface area contributed by atoms with Gasteiger partial charge in [0.15, 0.2) is 17.3 Å². The molecule has 1 fully saturated rings. The smallest absolute Gasteiger partial charge is 0.304 e. The molecule has 0 bridgehead atoms. The van der Waals surface area contributed by atoms with E-state index in [4.69, 9.17) is 14.2 Å². The highest BCUT2D eigenvalue weighted by Gasteiger charge is 2.82. The molecule has 0 radical (unpaired) electrons. The van der Waals surface area contributed by atoms with E-state index in [1.54, 1.807) is 0 Å². The Kier molecular flexibility index (Phi) is 6.28. The van der Waals surface area contributed by atoms with Crippen LogP contribution in [0, 0.1) is 0 Å². The zero-order valence-electron chi connectivity index (χ0n) is 15.5. The van der Waals surface area contributed by atoms with Crippen molar-refractivity contribution in [1.29, 1.82) is 0 Å². The average molecular weight is 390 g/mol. The third-order valence-corrected chi connectivity index (χ3v) is 4.37. The number of hydrogen-bond acceptors (Lipinski definition) is 11. The van der Waals surface area contributed by atoms with Gasteiger partial charge in [0, 0.05) is 20.8 Å². The van der Waals surface area contributed by atoms with Gasteiger partial charge in [0.05, 0.1) is 6.61 Å². The number of carbonyl (C=O) groups excluding carboxylic acids is 5. The fraction of sp³-hybridized carbons (Fsp3) is 0.688. The number of aliphatic hydroxyl groups excluding tert-OH is 2. The van der Waals surface area contributed by atoms with Crippen molar-refractivity contribution >= 4 is 29.3 Å². The van der Waals surface area contributed by atoms with Crippen molar-refractivity contribution in [1.82, 2.24) is 0 Å². The summed E-state index contributed by atoms with van der Waals surface area (Å²) in [6.07, 6.45) is -4.11. The van der Waals surface area contributed by atoms with Crippen LogP contribution in [0.3, 0.4) is 0 Å². The third kappa shape index (κ3) is 3.06. The minimum Gasteiger partial charge on any atom is -0.443 e. The molecule has 152 valence electrons. The molecule has 0 unspecified atom stereocenters. The summed E-state index contributed by atoms with van der Waals surface area (Å²) in [5.41, 5.74) is -6.33. The number of esters is 2. The predicted octanol–water partition coefficient (Wildman–Crippen LogP) is -2.20. The van der Waals surface area contributed by atoms with Gasteiger partial charge in [-0.2, -0.15) is 0 Å². The summed E-state index contributed by atoms with van der Waals surface area (Å²) < 4.78 is 14.9. The highest BCUT2D eigenvalue weighted by molar-refractivity contribution is 6.06. The lowest BCUT2D eigenvalue weighted by Gasteiger charge is -2.57. The largest absolute Gasteiger partial charge is 0.443 e. The Morgan fingerprint density at radius 2 is 1.37 bits per heavy atom. The third-order valence-electron chi connectivity index (χ3n) is 4.37. The number of hydrogen-bond donors (Lipinski definition) is 3. The Morgan fingerprint density at radius 3 is 1.67 bits per heavy atom. The summed E-state index contributed by atoms with van der Waals surface area (Å²) in [5.74, 6) is -9.65. The van der Waals surface area contributed by atoms with E-state index in [0.29, 0.717) is 0 Å². The molecule has 0 saturated carbocycles. The van der Waals surface area contributed by atoms with Crippen LogP contribution in [0.15, 0.2) is 0 Å². The maximum absolute atomic E-state index is 12.6. The van der Waals surface area contributed by atoms with Gasteiger partial charge < -0.3 is 29.5 Å². The van der Waals surface area contributed by atoms with Gasteiger partial charge in [0.1, 0.15) is 12.2 Å². The minimum atomic E-state index is -3.35. The van der Waals surface area contributed by atoms with Gasteiger partial charge in [-0.3, -0.25) is 24.0 Å². The molecule has 1 aliphatic heterocycles. The maximum Gasteiger partial charge on any atom is 0.304 e. The molecule has 1 rings (SSSR count). The predicted molar refractivity (Wildman–Crippen MR) is 84.0 cm³/mol. The van der Waals surface area contributed by atoms with E-state index in [-0.39, 0.29) is 0 Å². The number of aliphatic hydroxyl groups is 3. The Bertz CT molecular complexity index is 686. The normalized spacial score (nSPS) is 35.9. The molecule has 0 aromatic heterocycles. The van der Waals surface area contributed by atoms with Gasteiger partial charge in [-0.1, -0.05) is 0 Å². The lowest BCUT2D eigenvalue weighted by molar-refractivity contribution is -0.375. The van der Waals surface area contributed by atoms with Gasteiger partial charge in [-0.05, 0) is 13.8 Å². The van der Waals surface area contributed by atoms with Gasteiger partial charge in [-0.15, -0.1) is 0 Å². The van der Waals surface area contributed by atoms with E-state index in [9.17, 15) is 39.3 Å². The number of ether oxygens (including phenoxy) is 3. The molecule has 0 amide bonds. The van der Waals surface area contributed by atoms with Crippen LogP contribution in [0.5, 0.6) is 0 Å². The van der Waals surface area contributed by atoms with E-state index in [1.165, 1.54) is 0 Å². The lowest BCUT2D eigenvalue weighted by atomic mass is 9.64. The molecule has 11 nitrogen and oxygen atoms in total. The van der Waals surface area contributed by atoms with Crippen molar-refractivity contribution in [2.24, 2.45) is 0 Å². The first-order valence-corrected chi connectivity index (χ1v) is 7.86. The summed E-state index contributed by atoms with van der Waals surface area (Å²) in [6, 6.07) is 0. The Morgan fingerprint density at radius 1 is 0.889 bits per heavy atom. The first-order chi connectivity index (χ1) is 12.2. The summed E-state index contributed by atoms with van der Waals surface area (Å²) in [6.45, 7) is 2.87. The monoisotopic (exact) mass is 390 g/mol. The molecule has 0 aliphatic carbocycles. The van der Waals surface area contributed by atoms with Crippen LogP contribution in [0.25, 0.3) is 0 Å². The zero-order valence-corrected chi connectivity index (χ0v) is 15.5. The molecule has 0 aromatic carbocycles. The maximum atomic E-state index is 12.6. The molecule has 3 N–H and O–H groups in total. The van der Waals surface area contributed by atoms with Crippen LogP contribution in [0.1, 0.15) is 34.6 Å². The number of rotatable bonds is 6. The van der Waals surface area contributed by atoms with Gasteiger partial charge in [0.25, 0.3) is 11.4 Å². The van der Waals surface area contributed by atoms with E-state index in [1.807, 2.05) is 0 Å². The van der Waals surface area contributed by atoms with Crippen molar-refractivity contribution in [3.05, 3.63) is 0 Å². The van der Waals surface area contributed by atoms with Crippen molar-refractivity contribution in [2.75, 3.05) is 6.61 Å². The first kappa shape index (κ1) is 22.8. The standard InChI is InChI=1S/C16H22O11/c1-7(18)14(25-10(4)21)13(23)12(6-17)27-16(24,9(3)20)15(14,8(2)19)26-11(5)22/h12-13,17,23-24H,6H2,1-5H3/t12-,13-,14+,15-,16-/m1/s1. The topological polar surface area (TPSA) is 174 Å². The molecule has 1 aliphatic rings. The molecule has 1 heterocycles. The van der Waals surface area contributed by atoms with E-state index < -0.39 is 65.1 Å². The molecule has 27 heavy (non-hydrogen) atoms. The van der Waals surface area contributed by atoms with E-state index in [2.05, 4.69) is 0 Å². The fourth-order valence-electron chi connectivity index (χ4n) is 3.38. The molecule has 11 heteroatoms. The summed E-state index contributed by atoms with van der Waals surface area (Å²) in [4.78, 5) is 61.0. The van der Waals surface area contributed by atoms with Gasteiger partial charge in [0.2, 0.25) is 5.60 Å². The summed E-state index contributed by atoms with van der Waals surface area (Å²) in [5, 5.41) is 31.1. The van der Waals surface area contributed by atoms with Crippen LogP contribution in [-0.2, 0) is 38.2 Å². The van der Waals surface area contributed by atoms with Crippen LogP contribution in [-0.4, -0.2) is 80.4 Å². The zero-order chi connectivity index (χ0) is 21.4. The van der Waals surface area contributed by atoms with Crippen LogP contribution in [0.2, 0.25) is 0 Å². The molecular weight excluding hydrogens is 368 g/mol. The molecule has 1 saturated heterocycles. The highest BCUT2D eigenvalue weighted by atomic mass is 16.7. The van der Waals surface area contributed by atoms with Crippen molar-refractivity contribution in [3.8, 4) is 0 Å². The number of Topliss-reactive ketones (excluding diaryl/α,β-unsaturated/α-hetero) is 3. The fourth-order valence-corrected chi connectivity index (χ4v) is 3.38. The first-order valence-electron chi connectivity index (χ1n) is 7.86. The number of ketones is 3. The van der Waals surface area contributed by atoms with Crippen LogP contribution in [0.4, 0.5) is 0 Å². The average Bonchev–Trinajstić information content (AvgIpc) is 2.52. The van der Waals surface area contributed by atoms with Gasteiger partial charge in [-0.25, -0.2) is 0 Å². The lowest BCUT2D eigenvalue weighted by Crippen LogP contribution is -2.87. The van der Waals surface area contributed by atoms with Crippen LogP contribution >= 0.6 is 0 Å². The highest BCUT2D eigenvalue weighted by Crippen LogP contribution is 2.50. The Labute approximate surface area is 154 Å². The molecule has 5 atom stereocenters. The Balaban J connectivity index is 4.15. The van der Waals surface area contributed by atoms with Gasteiger partial charge >= 0.3 is 11.9 Å². The quantitative estimate of drug-likeness (QED) is 0.420. The van der Waals surface area contributed by atoms with E-state index >= 15 is 0 Å². The second-order valence-electron chi connectivity index (χ2n) is 6.20. The number of carbonyl (C=O) groups is 5. The van der Waals surface area contributed by atoms with Crippen molar-refractivity contribution in [2.45, 2.75) is 63.8 Å². The SMILES string of the molecule is CC(=O)O[C@@]1(C(C)=O)[C@@](O)(C(C)=O)O[C@H](CO)[C@@H](O)[C@@]1(OC(C)=O)C(C)=O. The molecule has 0 spiro atoms. The Hall–Kier alpha value is -2.21. The minimum absolute atomic E-state index is 0.743. The summed E-state index contributed by atoms with van der Waals surface area (Å²) >= 11 is 0. The molecule has 0 aromatic rings. The van der Waals surface area contributed by atoms with Crippen molar-refractivity contribution < 1.29 is 53.5 Å². The second-order valence-corrected chi connectivity index (χ2v) is 6.20. The second kappa shape index (κ2) is 7.43. The summed E-state index contributed by atoms with van der Waals surface area (Å²) in [7, 11) is 0.